The highest BCUT2D eigenvalue weighted by Crippen LogP contribution is 2.50. The summed E-state index contributed by atoms with van der Waals surface area (Å²) in [5.41, 5.74) is 2.45. The molecule has 2 aromatic carbocycles. The van der Waals surface area contributed by atoms with Crippen molar-refractivity contribution in [3.63, 3.8) is 0 Å². The van der Waals surface area contributed by atoms with Gasteiger partial charge in [-0.1, -0.05) is 49.4 Å². The van der Waals surface area contributed by atoms with E-state index in [0.29, 0.717) is 23.0 Å². The Bertz CT molecular complexity index is 1090. The summed E-state index contributed by atoms with van der Waals surface area (Å²) in [5.74, 6) is 0.00948. The number of thioether (sulfide) groups is 2. The summed E-state index contributed by atoms with van der Waals surface area (Å²) in [6.07, 6.45) is 1.90. The summed E-state index contributed by atoms with van der Waals surface area (Å²) in [6.45, 7) is 7.18. The van der Waals surface area contributed by atoms with E-state index >= 15 is 0 Å². The maximum absolute atomic E-state index is 13.5. The second-order valence-electron chi connectivity index (χ2n) is 7.36. The Morgan fingerprint density at radius 3 is 2.58 bits per heavy atom. The lowest BCUT2D eigenvalue weighted by Crippen LogP contribution is -2.30. The van der Waals surface area contributed by atoms with Crippen LogP contribution in [0.1, 0.15) is 44.0 Å². The Morgan fingerprint density at radius 1 is 1.03 bits per heavy atom. The second-order valence-corrected chi connectivity index (χ2v) is 9.37. The molecule has 0 aromatic heterocycles. The minimum Gasteiger partial charge on any atom is -0.334 e. The van der Waals surface area contributed by atoms with Gasteiger partial charge in [-0.3, -0.25) is 14.5 Å². The number of nitrogens with zero attached hydrogens (tertiary/aromatic N) is 3. The molecule has 0 saturated carbocycles. The van der Waals surface area contributed by atoms with E-state index in [4.69, 9.17) is 4.99 Å². The fourth-order valence-corrected chi connectivity index (χ4v) is 5.97. The zero-order chi connectivity index (χ0) is 22.0. The van der Waals surface area contributed by atoms with E-state index in [1.165, 1.54) is 16.7 Å². The van der Waals surface area contributed by atoms with Crippen molar-refractivity contribution in [2.45, 2.75) is 38.5 Å². The molecule has 31 heavy (non-hydrogen) atoms. The average Bonchev–Trinajstić information content (AvgIpc) is 3.29. The van der Waals surface area contributed by atoms with Gasteiger partial charge >= 0.3 is 0 Å². The van der Waals surface area contributed by atoms with E-state index in [2.05, 4.69) is 30.9 Å². The van der Waals surface area contributed by atoms with Crippen LogP contribution in [-0.2, 0) is 4.79 Å². The Labute approximate surface area is 191 Å². The maximum atomic E-state index is 13.5. The van der Waals surface area contributed by atoms with Gasteiger partial charge in [-0.15, -0.1) is 0 Å². The van der Waals surface area contributed by atoms with Crippen molar-refractivity contribution in [1.29, 1.82) is 0 Å². The molecule has 0 aliphatic carbocycles. The van der Waals surface area contributed by atoms with Crippen LogP contribution in [0, 0.1) is 0 Å². The number of para-hydroxylation sites is 1. The summed E-state index contributed by atoms with van der Waals surface area (Å²) in [5, 5.41) is 1.65. The van der Waals surface area contributed by atoms with Crippen LogP contribution in [0.15, 0.2) is 68.4 Å². The lowest BCUT2D eigenvalue weighted by Gasteiger charge is -2.19. The monoisotopic (exact) mass is 451 g/mol. The number of amides is 1. The fourth-order valence-electron chi connectivity index (χ4n) is 3.55. The maximum Gasteiger partial charge on any atom is 0.269 e. The summed E-state index contributed by atoms with van der Waals surface area (Å²) in [6, 6.07) is 15.5. The van der Waals surface area contributed by atoms with E-state index in [-0.39, 0.29) is 11.7 Å². The van der Waals surface area contributed by atoms with Crippen LogP contribution < -0.4 is 4.90 Å². The smallest absolute Gasteiger partial charge is 0.269 e. The van der Waals surface area contributed by atoms with Crippen molar-refractivity contribution in [3.05, 3.63) is 64.0 Å². The van der Waals surface area contributed by atoms with Crippen LogP contribution in [0.5, 0.6) is 0 Å². The standard InChI is InChI=1S/C24H25N3O2S2/c1-4-6-14-27-22(29)21(23-26(5-2)19-12-7-8-13-20(19)30-23)31-24(27)25-18-11-9-10-17(15-18)16(3)28/h7-13,15H,4-6,14H2,1-3H3/b23-21-,25-24?. The molecule has 0 atom stereocenters. The van der Waals surface area contributed by atoms with E-state index in [1.54, 1.807) is 35.7 Å². The Kier molecular flexibility index (Phi) is 6.53. The van der Waals surface area contributed by atoms with Crippen LogP contribution in [0.2, 0.25) is 0 Å². The molecule has 7 heteroatoms. The zero-order valence-electron chi connectivity index (χ0n) is 17.9. The first-order valence-electron chi connectivity index (χ1n) is 10.5. The van der Waals surface area contributed by atoms with Crippen LogP contribution in [0.4, 0.5) is 11.4 Å². The van der Waals surface area contributed by atoms with Gasteiger partial charge in [-0.25, -0.2) is 4.99 Å². The quantitative estimate of drug-likeness (QED) is 0.395. The summed E-state index contributed by atoms with van der Waals surface area (Å²) in [4.78, 5) is 35.9. The van der Waals surface area contributed by atoms with E-state index < -0.39 is 0 Å². The van der Waals surface area contributed by atoms with Crippen molar-refractivity contribution in [2.75, 3.05) is 18.0 Å². The van der Waals surface area contributed by atoms with E-state index in [0.717, 1.165) is 35.0 Å². The first-order valence-corrected chi connectivity index (χ1v) is 12.1. The summed E-state index contributed by atoms with van der Waals surface area (Å²) < 4.78 is 0. The number of hydrogen-bond acceptors (Lipinski definition) is 6. The van der Waals surface area contributed by atoms with Crippen molar-refractivity contribution < 1.29 is 9.59 Å². The molecule has 2 aliphatic rings. The van der Waals surface area contributed by atoms with Crippen molar-refractivity contribution in [1.82, 2.24) is 4.90 Å². The van der Waals surface area contributed by atoms with Gasteiger partial charge in [0.15, 0.2) is 11.0 Å². The molecule has 0 radical (unpaired) electrons. The van der Waals surface area contributed by atoms with Crippen LogP contribution >= 0.6 is 23.5 Å². The molecule has 0 spiro atoms. The van der Waals surface area contributed by atoms with Crippen LogP contribution in [0.25, 0.3) is 0 Å². The molecule has 160 valence electrons. The highest BCUT2D eigenvalue weighted by atomic mass is 32.2. The minimum atomic E-state index is 0.00144. The number of Topliss-reactive ketones (excluding diaryl/α,β-unsaturated/α-hetero) is 1. The van der Waals surface area contributed by atoms with E-state index in [9.17, 15) is 9.59 Å². The van der Waals surface area contributed by atoms with Crippen LogP contribution in [0.3, 0.4) is 0 Å². The molecule has 0 N–H and O–H groups in total. The number of carbonyl (C=O) groups is 2. The molecule has 0 bridgehead atoms. The van der Waals surface area contributed by atoms with E-state index in [1.807, 2.05) is 24.3 Å². The first-order chi connectivity index (χ1) is 15.0. The SMILES string of the molecule is CCCCN1C(=O)/C(=C2/Sc3ccccc3N2CC)SC1=Nc1cccc(C(C)=O)c1. The lowest BCUT2D eigenvalue weighted by molar-refractivity contribution is -0.122. The predicted octanol–water partition coefficient (Wildman–Crippen LogP) is 6.05. The number of ketones is 1. The molecule has 2 aromatic rings. The molecule has 2 aliphatic heterocycles. The third-order valence-electron chi connectivity index (χ3n) is 5.19. The average molecular weight is 452 g/mol. The summed E-state index contributed by atoms with van der Waals surface area (Å²) in [7, 11) is 0. The van der Waals surface area contributed by atoms with Gasteiger partial charge in [0.05, 0.1) is 11.4 Å². The van der Waals surface area contributed by atoms with Gasteiger partial charge in [0, 0.05) is 23.5 Å². The third-order valence-corrected chi connectivity index (χ3v) is 7.57. The van der Waals surface area contributed by atoms with Gasteiger partial charge in [0.25, 0.3) is 5.91 Å². The number of benzene rings is 2. The number of aliphatic imine (C=N–C) groups is 1. The Hall–Kier alpha value is -2.51. The Balaban J connectivity index is 1.74. The van der Waals surface area contributed by atoms with Crippen LogP contribution in [-0.4, -0.2) is 34.8 Å². The molecule has 5 nitrogen and oxygen atoms in total. The molecule has 1 saturated heterocycles. The third kappa shape index (κ3) is 4.29. The Morgan fingerprint density at radius 2 is 1.84 bits per heavy atom. The molecular weight excluding hydrogens is 426 g/mol. The normalized spacial score (nSPS) is 19.5. The van der Waals surface area contributed by atoms with Crippen molar-refractivity contribution >= 4 is 51.8 Å². The molecule has 1 amide bonds. The zero-order valence-corrected chi connectivity index (χ0v) is 19.6. The van der Waals surface area contributed by atoms with Crippen molar-refractivity contribution in [2.24, 2.45) is 4.99 Å². The fraction of sp³-hybridized carbons (Fsp3) is 0.292. The van der Waals surface area contributed by atoms with Crippen molar-refractivity contribution in [3.8, 4) is 0 Å². The predicted molar refractivity (Wildman–Crippen MR) is 130 cm³/mol. The number of carbonyl (C=O) groups excluding carboxylic acids is 2. The largest absolute Gasteiger partial charge is 0.334 e. The number of amidine groups is 1. The highest BCUT2D eigenvalue weighted by Gasteiger charge is 2.39. The molecular formula is C24H25N3O2S2. The topological polar surface area (TPSA) is 53.0 Å². The summed E-state index contributed by atoms with van der Waals surface area (Å²) >= 11 is 3.08. The number of fused-ring (bicyclic) bond motifs is 1. The highest BCUT2D eigenvalue weighted by molar-refractivity contribution is 8.19. The molecule has 1 fully saturated rings. The lowest BCUT2D eigenvalue weighted by atomic mass is 10.1. The van der Waals surface area contributed by atoms with Gasteiger partial charge in [-0.05, 0) is 56.3 Å². The minimum absolute atomic E-state index is 0.00144. The second kappa shape index (κ2) is 9.32. The van der Waals surface area contributed by atoms with Gasteiger partial charge < -0.3 is 4.90 Å². The molecule has 4 rings (SSSR count). The number of rotatable bonds is 6. The first kappa shape index (κ1) is 21.7. The molecule has 2 heterocycles. The number of unbranched alkanes of at least 4 members (excludes halogenated alkanes) is 1. The van der Waals surface area contributed by atoms with Gasteiger partial charge in [0.1, 0.15) is 9.93 Å². The molecule has 0 unspecified atom stereocenters. The number of hydrogen-bond donors (Lipinski definition) is 0. The van der Waals surface area contributed by atoms with Gasteiger partial charge in [-0.2, -0.15) is 0 Å². The number of anilines is 1. The van der Waals surface area contributed by atoms with Gasteiger partial charge in [0.2, 0.25) is 0 Å².